The Morgan fingerprint density at radius 3 is 2.76 bits per heavy atom. The minimum Gasteiger partial charge on any atom is -0.390 e. The topological polar surface area (TPSA) is 107 Å². The van der Waals surface area contributed by atoms with E-state index in [2.05, 4.69) is 54.1 Å². The molecule has 1 saturated heterocycles. The van der Waals surface area contributed by atoms with Gasteiger partial charge in [0, 0.05) is 52.2 Å². The van der Waals surface area contributed by atoms with Crippen molar-refractivity contribution in [2.24, 2.45) is 0 Å². The Bertz CT molecular complexity index is 1150. The van der Waals surface area contributed by atoms with Crippen LogP contribution in [0.25, 0.3) is 10.2 Å². The predicted octanol–water partition coefficient (Wildman–Crippen LogP) is 2.34. The number of aromatic nitrogens is 3. The minimum atomic E-state index is -0.507. The van der Waals surface area contributed by atoms with Crippen molar-refractivity contribution in [3.63, 3.8) is 0 Å². The van der Waals surface area contributed by atoms with Crippen molar-refractivity contribution >= 4 is 39.3 Å². The monoisotopic (exact) mass is 481 g/mol. The van der Waals surface area contributed by atoms with Gasteiger partial charge in [-0.25, -0.2) is 9.97 Å². The molecule has 2 aliphatic rings. The number of hydrogen-bond donors (Lipinski definition) is 3. The van der Waals surface area contributed by atoms with Gasteiger partial charge in [-0.05, 0) is 41.9 Å². The molecule has 1 amide bonds. The summed E-state index contributed by atoms with van der Waals surface area (Å²) in [5, 5.41) is 17.5. The fourth-order valence-electron chi connectivity index (χ4n) is 4.80. The van der Waals surface area contributed by atoms with Crippen LogP contribution in [-0.2, 0) is 17.8 Å². The number of hydrogen-bond acceptors (Lipinski definition) is 9. The lowest BCUT2D eigenvalue weighted by Gasteiger charge is -2.31. The van der Waals surface area contributed by atoms with E-state index in [9.17, 15) is 9.90 Å². The number of likely N-dealkylation sites (tertiary alicyclic amines) is 1. The second-order valence-corrected chi connectivity index (χ2v) is 9.92. The quantitative estimate of drug-likeness (QED) is 0.472. The van der Waals surface area contributed by atoms with E-state index < -0.39 is 6.10 Å². The largest absolute Gasteiger partial charge is 0.390 e. The Kier molecular flexibility index (Phi) is 6.89. The van der Waals surface area contributed by atoms with Gasteiger partial charge in [0.2, 0.25) is 5.91 Å². The average molecular weight is 482 g/mol. The van der Waals surface area contributed by atoms with Gasteiger partial charge in [0.05, 0.1) is 6.10 Å². The number of anilines is 2. The van der Waals surface area contributed by atoms with Gasteiger partial charge in [0.15, 0.2) is 5.82 Å². The second kappa shape index (κ2) is 10.2. The third-order valence-corrected chi connectivity index (χ3v) is 7.56. The molecule has 1 atom stereocenters. The molecule has 5 rings (SSSR count). The van der Waals surface area contributed by atoms with Gasteiger partial charge < -0.3 is 20.6 Å². The Morgan fingerprint density at radius 2 is 1.97 bits per heavy atom. The number of piperidine rings is 1. The zero-order chi connectivity index (χ0) is 23.5. The number of nitrogens with one attached hydrogen (secondary N) is 2. The molecule has 1 unspecified atom stereocenters. The summed E-state index contributed by atoms with van der Waals surface area (Å²) in [5.74, 6) is 1.59. The van der Waals surface area contributed by atoms with Gasteiger partial charge in [-0.1, -0.05) is 24.3 Å². The zero-order valence-corrected chi connectivity index (χ0v) is 20.2. The molecule has 0 spiro atoms. The summed E-state index contributed by atoms with van der Waals surface area (Å²) < 4.78 is 5.45. The van der Waals surface area contributed by atoms with E-state index in [1.54, 1.807) is 13.3 Å². The highest BCUT2D eigenvalue weighted by atomic mass is 32.1. The highest BCUT2D eigenvalue weighted by Gasteiger charge is 2.23. The Labute approximate surface area is 203 Å². The summed E-state index contributed by atoms with van der Waals surface area (Å²) in [6, 6.07) is 8.80. The molecule has 10 heteroatoms. The van der Waals surface area contributed by atoms with Crippen LogP contribution in [-0.4, -0.2) is 80.0 Å². The van der Waals surface area contributed by atoms with Crippen LogP contribution in [0.4, 0.5) is 11.6 Å². The van der Waals surface area contributed by atoms with Crippen LogP contribution in [0.15, 0.2) is 30.6 Å². The summed E-state index contributed by atoms with van der Waals surface area (Å²) in [7, 11) is 0. The molecular weight excluding hydrogens is 450 g/mol. The fraction of sp³-hybridized carbons (Fsp3) is 0.500. The van der Waals surface area contributed by atoms with E-state index in [1.165, 1.54) is 22.7 Å². The molecule has 1 aromatic carbocycles. The molecule has 0 aliphatic carbocycles. The molecule has 0 bridgehead atoms. The molecule has 4 heterocycles. The van der Waals surface area contributed by atoms with Gasteiger partial charge in [0.1, 0.15) is 22.4 Å². The Hall–Kier alpha value is -2.82. The van der Waals surface area contributed by atoms with Crippen LogP contribution < -0.4 is 10.6 Å². The first-order valence-corrected chi connectivity index (χ1v) is 12.7. The number of nitrogens with zero attached hydrogens (tertiary/aromatic N) is 5. The van der Waals surface area contributed by atoms with E-state index in [1.807, 2.05) is 4.90 Å². The van der Waals surface area contributed by atoms with Crippen LogP contribution in [0.1, 0.15) is 30.9 Å². The smallest absolute Gasteiger partial charge is 0.219 e. The van der Waals surface area contributed by atoms with E-state index in [0.717, 1.165) is 61.5 Å². The molecule has 3 aromatic rings. The van der Waals surface area contributed by atoms with Crippen LogP contribution in [0, 0.1) is 0 Å². The van der Waals surface area contributed by atoms with Gasteiger partial charge >= 0.3 is 0 Å². The maximum atomic E-state index is 11.6. The summed E-state index contributed by atoms with van der Waals surface area (Å²) in [6.07, 6.45) is 3.85. The number of amides is 1. The summed E-state index contributed by atoms with van der Waals surface area (Å²) in [6.45, 7) is 6.00. The molecule has 34 heavy (non-hydrogen) atoms. The van der Waals surface area contributed by atoms with Crippen molar-refractivity contribution in [1.29, 1.82) is 0 Å². The predicted molar refractivity (Wildman–Crippen MR) is 134 cm³/mol. The molecule has 3 N–H and O–H groups in total. The maximum absolute atomic E-state index is 11.6. The molecule has 2 aliphatic heterocycles. The van der Waals surface area contributed by atoms with Crippen molar-refractivity contribution in [3.8, 4) is 0 Å². The molecule has 9 nitrogen and oxygen atoms in total. The van der Waals surface area contributed by atoms with Crippen molar-refractivity contribution in [3.05, 3.63) is 41.7 Å². The number of rotatable bonds is 7. The summed E-state index contributed by atoms with van der Waals surface area (Å²) in [5.41, 5.74) is 3.53. The highest BCUT2D eigenvalue weighted by Crippen LogP contribution is 2.30. The molecular formula is C24H31N7O2S. The molecule has 0 saturated carbocycles. The summed E-state index contributed by atoms with van der Waals surface area (Å²) >= 11 is 1.36. The molecule has 0 radical (unpaired) electrons. The Balaban J connectivity index is 1.16. The van der Waals surface area contributed by atoms with Crippen LogP contribution in [0.3, 0.4) is 0 Å². The normalized spacial score (nSPS) is 18.0. The third kappa shape index (κ3) is 5.13. The second-order valence-electron chi connectivity index (χ2n) is 9.14. The average Bonchev–Trinajstić information content (AvgIpc) is 3.27. The first-order chi connectivity index (χ1) is 16.6. The Morgan fingerprint density at radius 1 is 1.18 bits per heavy atom. The zero-order valence-electron chi connectivity index (χ0n) is 19.4. The van der Waals surface area contributed by atoms with Crippen LogP contribution in [0.5, 0.6) is 0 Å². The maximum Gasteiger partial charge on any atom is 0.219 e. The molecule has 1 fully saturated rings. The van der Waals surface area contributed by atoms with Gasteiger partial charge in [0.25, 0.3) is 0 Å². The summed E-state index contributed by atoms with van der Waals surface area (Å²) in [4.78, 5) is 24.6. The molecule has 2 aromatic heterocycles. The number of aliphatic hydroxyl groups is 1. The third-order valence-electron chi connectivity index (χ3n) is 6.72. The lowest BCUT2D eigenvalue weighted by Crippen LogP contribution is -2.41. The van der Waals surface area contributed by atoms with E-state index in [4.69, 9.17) is 0 Å². The number of carbonyl (C=O) groups is 1. The van der Waals surface area contributed by atoms with Gasteiger partial charge in [-0.3, -0.25) is 9.69 Å². The minimum absolute atomic E-state index is 0.133. The van der Waals surface area contributed by atoms with Crippen molar-refractivity contribution in [1.82, 2.24) is 24.1 Å². The first-order valence-electron chi connectivity index (χ1n) is 11.9. The number of fused-ring (bicyclic) bond motifs is 2. The van der Waals surface area contributed by atoms with Crippen molar-refractivity contribution in [2.45, 2.75) is 44.9 Å². The van der Waals surface area contributed by atoms with Crippen LogP contribution in [0.2, 0.25) is 0 Å². The van der Waals surface area contributed by atoms with Gasteiger partial charge in [-0.15, -0.1) is 0 Å². The lowest BCUT2D eigenvalue weighted by atomic mass is 10.00. The van der Waals surface area contributed by atoms with E-state index in [0.29, 0.717) is 18.9 Å². The van der Waals surface area contributed by atoms with Crippen LogP contribution >= 0.6 is 11.5 Å². The highest BCUT2D eigenvalue weighted by molar-refractivity contribution is 7.14. The first kappa shape index (κ1) is 22.9. The SMILES string of the molecule is CC(=O)N1CCC(Nc2ncnc3c(NCC(O)CN4CCc5ccccc5C4)nsc23)CC1. The standard InChI is InChI=1S/C24H31N7O2S/c1-16(32)31-10-7-19(8-11-31)28-24-22-21(26-15-27-24)23(29-34-22)25-12-20(33)14-30-9-6-17-4-2-3-5-18(17)13-30/h2-5,15,19-20,33H,6-14H2,1H3,(H,25,29)(H,26,27,28). The van der Waals surface area contributed by atoms with E-state index in [-0.39, 0.29) is 11.9 Å². The number of β-amino-alcohol motifs (C(OH)–C–C–N with tert-alkyl or cyclic N) is 1. The van der Waals surface area contributed by atoms with E-state index >= 15 is 0 Å². The lowest BCUT2D eigenvalue weighted by molar-refractivity contribution is -0.129. The number of benzene rings is 1. The number of aliphatic hydroxyl groups excluding tert-OH is 1. The van der Waals surface area contributed by atoms with Gasteiger partial charge in [-0.2, -0.15) is 4.37 Å². The number of carbonyl (C=O) groups excluding carboxylic acids is 1. The fourth-order valence-corrected chi connectivity index (χ4v) is 5.57. The van der Waals surface area contributed by atoms with Crippen molar-refractivity contribution < 1.29 is 9.90 Å². The molecule has 180 valence electrons. The van der Waals surface area contributed by atoms with Crippen molar-refractivity contribution in [2.75, 3.05) is 43.4 Å².